The first-order valence-electron chi connectivity index (χ1n) is 6.18. The average molecular weight is 291 g/mol. The van der Waals surface area contributed by atoms with Crippen molar-refractivity contribution in [2.75, 3.05) is 11.9 Å². The Morgan fingerprint density at radius 3 is 2.63 bits per heavy atom. The summed E-state index contributed by atoms with van der Waals surface area (Å²) in [5, 5.41) is 7.80. The predicted molar refractivity (Wildman–Crippen MR) is 86.0 cm³/mol. The highest BCUT2D eigenvalue weighted by atomic mass is 32.1. The van der Waals surface area contributed by atoms with Gasteiger partial charge in [0.05, 0.1) is 5.69 Å². The largest absolute Gasteiger partial charge is 0.362 e. The van der Waals surface area contributed by atoms with Gasteiger partial charge < -0.3 is 10.6 Å². The molecule has 2 aromatic rings. The molecule has 1 aromatic heterocycles. The molecular formula is C14H17N3S2. The molecule has 2 N–H and O–H groups in total. The summed E-state index contributed by atoms with van der Waals surface area (Å²) in [5.41, 5.74) is 2.36. The molecule has 0 saturated heterocycles. The van der Waals surface area contributed by atoms with Crippen molar-refractivity contribution in [1.82, 2.24) is 10.3 Å². The number of rotatable bonds is 4. The molecule has 0 aliphatic heterocycles. The summed E-state index contributed by atoms with van der Waals surface area (Å²) >= 11 is 6.87. The zero-order chi connectivity index (χ0) is 13.7. The lowest BCUT2D eigenvalue weighted by Gasteiger charge is -2.08. The summed E-state index contributed by atoms with van der Waals surface area (Å²) in [6.45, 7) is 4.88. The number of thiocarbonyl (C=S) groups is 1. The number of nitrogens with one attached hydrogen (secondary N) is 2. The van der Waals surface area contributed by atoms with Crippen LogP contribution in [0.4, 0.5) is 5.13 Å². The second kappa shape index (κ2) is 6.63. The number of thiazole rings is 1. The number of hydrogen-bond acceptors (Lipinski definition) is 3. The van der Waals surface area contributed by atoms with Crippen LogP contribution in [0.1, 0.15) is 16.1 Å². The molecule has 0 aliphatic rings. The van der Waals surface area contributed by atoms with Crippen molar-refractivity contribution < 1.29 is 0 Å². The number of hydrogen-bond donors (Lipinski definition) is 2. The van der Waals surface area contributed by atoms with Gasteiger partial charge in [-0.2, -0.15) is 0 Å². The number of anilines is 1. The van der Waals surface area contributed by atoms with Crippen LogP contribution in [0.5, 0.6) is 0 Å². The molecule has 100 valence electrons. The van der Waals surface area contributed by atoms with E-state index in [1.165, 1.54) is 10.4 Å². The van der Waals surface area contributed by atoms with Gasteiger partial charge in [-0.1, -0.05) is 30.3 Å². The third kappa shape index (κ3) is 4.29. The third-order valence-electron chi connectivity index (χ3n) is 2.79. The van der Waals surface area contributed by atoms with Crippen LogP contribution in [0, 0.1) is 13.8 Å². The minimum absolute atomic E-state index is 0.629. The van der Waals surface area contributed by atoms with Crippen molar-refractivity contribution in [2.24, 2.45) is 0 Å². The third-order valence-corrected chi connectivity index (χ3v) is 4.03. The van der Waals surface area contributed by atoms with E-state index in [9.17, 15) is 0 Å². The molecule has 19 heavy (non-hydrogen) atoms. The Morgan fingerprint density at radius 2 is 2.00 bits per heavy atom. The van der Waals surface area contributed by atoms with Crippen molar-refractivity contribution in [3.63, 3.8) is 0 Å². The highest BCUT2D eigenvalue weighted by molar-refractivity contribution is 7.80. The molecule has 0 aliphatic carbocycles. The number of aromatic nitrogens is 1. The van der Waals surface area contributed by atoms with Crippen LogP contribution in [0.25, 0.3) is 0 Å². The van der Waals surface area contributed by atoms with E-state index in [1.807, 2.05) is 25.1 Å². The lowest BCUT2D eigenvalue weighted by atomic mass is 10.1. The number of aryl methyl sites for hydroxylation is 2. The Labute approximate surface area is 123 Å². The fourth-order valence-corrected chi connectivity index (χ4v) is 2.71. The van der Waals surface area contributed by atoms with Gasteiger partial charge in [0.1, 0.15) is 0 Å². The van der Waals surface area contributed by atoms with Crippen molar-refractivity contribution in [2.45, 2.75) is 20.3 Å². The first-order chi connectivity index (χ1) is 9.15. The first-order valence-corrected chi connectivity index (χ1v) is 7.40. The zero-order valence-electron chi connectivity index (χ0n) is 11.1. The van der Waals surface area contributed by atoms with Crippen LogP contribution in [-0.2, 0) is 6.42 Å². The lowest BCUT2D eigenvalue weighted by molar-refractivity contribution is 0.873. The van der Waals surface area contributed by atoms with Gasteiger partial charge in [-0.3, -0.25) is 0 Å². The number of nitrogens with zero attached hydrogens (tertiary/aromatic N) is 1. The summed E-state index contributed by atoms with van der Waals surface area (Å²) in [7, 11) is 0. The molecule has 1 heterocycles. The maximum absolute atomic E-state index is 5.25. The van der Waals surface area contributed by atoms with E-state index in [1.54, 1.807) is 11.3 Å². The van der Waals surface area contributed by atoms with E-state index in [-0.39, 0.29) is 0 Å². The van der Waals surface area contributed by atoms with E-state index in [4.69, 9.17) is 12.2 Å². The van der Waals surface area contributed by atoms with E-state index >= 15 is 0 Å². The molecule has 0 saturated carbocycles. The molecule has 0 fully saturated rings. The predicted octanol–water partition coefficient (Wildman–Crippen LogP) is 3.29. The Kier molecular flexibility index (Phi) is 4.87. The van der Waals surface area contributed by atoms with Crippen molar-refractivity contribution in [1.29, 1.82) is 0 Å². The van der Waals surface area contributed by atoms with Gasteiger partial charge in [-0.25, -0.2) is 4.98 Å². The van der Waals surface area contributed by atoms with Gasteiger partial charge in [0.25, 0.3) is 0 Å². The van der Waals surface area contributed by atoms with Gasteiger partial charge >= 0.3 is 0 Å². The van der Waals surface area contributed by atoms with Gasteiger partial charge in [-0.05, 0) is 38.0 Å². The SMILES string of the molecule is Cc1nc(NC(=S)NCCc2ccccc2)sc1C. The summed E-state index contributed by atoms with van der Waals surface area (Å²) in [4.78, 5) is 5.61. The van der Waals surface area contributed by atoms with Crippen LogP contribution in [0.3, 0.4) is 0 Å². The summed E-state index contributed by atoms with van der Waals surface area (Å²) in [6.07, 6.45) is 0.957. The van der Waals surface area contributed by atoms with Crippen LogP contribution < -0.4 is 10.6 Å². The first kappa shape index (κ1) is 14.0. The maximum Gasteiger partial charge on any atom is 0.189 e. The summed E-state index contributed by atoms with van der Waals surface area (Å²) in [6, 6.07) is 10.4. The molecule has 0 radical (unpaired) electrons. The van der Waals surface area contributed by atoms with Gasteiger partial charge in [0, 0.05) is 11.4 Å². The summed E-state index contributed by atoms with van der Waals surface area (Å²) < 4.78 is 0. The van der Waals surface area contributed by atoms with E-state index in [0.717, 1.165) is 23.8 Å². The second-order valence-electron chi connectivity index (χ2n) is 4.28. The van der Waals surface area contributed by atoms with Crippen LogP contribution >= 0.6 is 23.6 Å². The Balaban J connectivity index is 1.76. The molecule has 0 bridgehead atoms. The average Bonchev–Trinajstić information content (AvgIpc) is 2.69. The molecule has 0 amide bonds. The molecule has 0 unspecified atom stereocenters. The molecule has 2 rings (SSSR count). The standard InChI is InChI=1S/C14H17N3S2/c1-10-11(2)19-14(16-10)17-13(18)15-9-8-12-6-4-3-5-7-12/h3-7H,8-9H2,1-2H3,(H2,15,16,17,18). The highest BCUT2D eigenvalue weighted by Crippen LogP contribution is 2.20. The van der Waals surface area contributed by atoms with E-state index in [0.29, 0.717) is 5.11 Å². The lowest BCUT2D eigenvalue weighted by Crippen LogP contribution is -2.30. The quantitative estimate of drug-likeness (QED) is 0.848. The van der Waals surface area contributed by atoms with Crippen molar-refractivity contribution in [3.8, 4) is 0 Å². The highest BCUT2D eigenvalue weighted by Gasteiger charge is 2.04. The van der Waals surface area contributed by atoms with Crippen LogP contribution in [0.2, 0.25) is 0 Å². The monoisotopic (exact) mass is 291 g/mol. The van der Waals surface area contributed by atoms with Gasteiger partial charge in [0.15, 0.2) is 10.2 Å². The molecule has 5 heteroatoms. The van der Waals surface area contributed by atoms with Crippen molar-refractivity contribution in [3.05, 3.63) is 46.5 Å². The topological polar surface area (TPSA) is 37.0 Å². The fourth-order valence-electron chi connectivity index (χ4n) is 1.63. The zero-order valence-corrected chi connectivity index (χ0v) is 12.7. The molecule has 3 nitrogen and oxygen atoms in total. The smallest absolute Gasteiger partial charge is 0.189 e. The van der Waals surface area contributed by atoms with Gasteiger partial charge in [-0.15, -0.1) is 11.3 Å². The maximum atomic E-state index is 5.25. The minimum Gasteiger partial charge on any atom is -0.362 e. The Bertz CT molecular complexity index is 530. The van der Waals surface area contributed by atoms with Crippen LogP contribution in [0.15, 0.2) is 30.3 Å². The molecule has 0 atom stereocenters. The minimum atomic E-state index is 0.629. The Hall–Kier alpha value is -1.46. The van der Waals surface area contributed by atoms with E-state index < -0.39 is 0 Å². The normalized spacial score (nSPS) is 10.2. The van der Waals surface area contributed by atoms with Crippen molar-refractivity contribution >= 4 is 33.8 Å². The fraction of sp³-hybridized carbons (Fsp3) is 0.286. The second-order valence-corrected chi connectivity index (χ2v) is 5.89. The van der Waals surface area contributed by atoms with Crippen LogP contribution in [-0.4, -0.2) is 16.6 Å². The molecule has 0 spiro atoms. The van der Waals surface area contributed by atoms with Gasteiger partial charge in [0.2, 0.25) is 0 Å². The Morgan fingerprint density at radius 1 is 1.26 bits per heavy atom. The number of benzene rings is 1. The molecule has 1 aromatic carbocycles. The summed E-state index contributed by atoms with van der Waals surface area (Å²) in [5.74, 6) is 0. The molecular weight excluding hydrogens is 274 g/mol. The van der Waals surface area contributed by atoms with E-state index in [2.05, 4.69) is 34.7 Å².